The quantitative estimate of drug-likeness (QED) is 0.207. The maximum Gasteiger partial charge on any atom is 0.343 e. The fraction of sp³-hybridized carbons (Fsp3) is 0.125. The number of rotatable bonds is 8. The second-order valence-electron chi connectivity index (χ2n) is 7.08. The molecule has 3 aromatic carbocycles. The zero-order valence-corrected chi connectivity index (χ0v) is 18.9. The second-order valence-corrected chi connectivity index (χ2v) is 7.48. The van der Waals surface area contributed by atoms with Crippen LogP contribution in [-0.4, -0.2) is 29.7 Å². The lowest BCUT2D eigenvalue weighted by Crippen LogP contribution is -2.21. The molecule has 1 N–H and O–H groups in total. The van der Waals surface area contributed by atoms with Crippen molar-refractivity contribution in [2.24, 2.45) is 0 Å². The SMILES string of the molecule is COc1cc(NC(C)=O)c(Cl)cc1C(=O)O[C@H](C(=O)c1ccccc1)c1ccc([N+](=O)[O-])cc1. The molecule has 1 atom stereocenters. The van der Waals surface area contributed by atoms with E-state index in [0.717, 1.165) is 0 Å². The Kier molecular flexibility index (Phi) is 7.60. The van der Waals surface area contributed by atoms with E-state index >= 15 is 0 Å². The Bertz CT molecular complexity index is 1240. The number of carbonyl (C=O) groups excluding carboxylic acids is 3. The van der Waals surface area contributed by atoms with Gasteiger partial charge in [-0.15, -0.1) is 0 Å². The van der Waals surface area contributed by atoms with Gasteiger partial charge in [0.05, 0.1) is 22.7 Å². The first-order chi connectivity index (χ1) is 16.2. The van der Waals surface area contributed by atoms with Crippen molar-refractivity contribution in [2.45, 2.75) is 13.0 Å². The van der Waals surface area contributed by atoms with Crippen LogP contribution in [0.15, 0.2) is 66.7 Å². The summed E-state index contributed by atoms with van der Waals surface area (Å²) in [6.07, 6.45) is -1.39. The summed E-state index contributed by atoms with van der Waals surface area (Å²) in [5, 5.41) is 13.6. The Morgan fingerprint density at radius 3 is 2.24 bits per heavy atom. The molecule has 0 aliphatic rings. The molecule has 0 saturated heterocycles. The van der Waals surface area contributed by atoms with Gasteiger partial charge in [0.1, 0.15) is 11.3 Å². The number of nitrogens with one attached hydrogen (secondary N) is 1. The Balaban J connectivity index is 2.00. The van der Waals surface area contributed by atoms with E-state index in [-0.39, 0.29) is 44.7 Å². The number of hydrogen-bond acceptors (Lipinski definition) is 7. The highest BCUT2D eigenvalue weighted by Crippen LogP contribution is 2.33. The number of nitro groups is 1. The van der Waals surface area contributed by atoms with E-state index in [2.05, 4.69) is 5.32 Å². The molecule has 1 amide bonds. The van der Waals surface area contributed by atoms with E-state index in [4.69, 9.17) is 21.1 Å². The van der Waals surface area contributed by atoms with Crippen LogP contribution in [0.25, 0.3) is 0 Å². The monoisotopic (exact) mass is 482 g/mol. The molecule has 34 heavy (non-hydrogen) atoms. The van der Waals surface area contributed by atoms with Crippen molar-refractivity contribution in [3.05, 3.63) is 98.6 Å². The van der Waals surface area contributed by atoms with Crippen molar-refractivity contribution >= 4 is 40.6 Å². The summed E-state index contributed by atoms with van der Waals surface area (Å²) in [7, 11) is 1.32. The van der Waals surface area contributed by atoms with Crippen LogP contribution in [0, 0.1) is 10.1 Å². The average Bonchev–Trinajstić information content (AvgIpc) is 2.83. The largest absolute Gasteiger partial charge is 0.496 e. The number of ketones is 1. The Morgan fingerprint density at radius 1 is 1.03 bits per heavy atom. The van der Waals surface area contributed by atoms with Gasteiger partial charge in [-0.3, -0.25) is 19.7 Å². The third-order valence-corrected chi connectivity index (χ3v) is 5.06. The van der Waals surface area contributed by atoms with Gasteiger partial charge in [-0.25, -0.2) is 4.79 Å². The standard InChI is InChI=1S/C24H19ClN2O7/c1-14(28)26-20-13-21(33-2)18(12-19(20)25)24(30)34-23(22(29)15-6-4-3-5-7-15)16-8-10-17(11-9-16)27(31)32/h3-13,23H,1-2H3,(H,26,28)/t23-/m0/s1. The first kappa shape index (κ1) is 24.4. The second kappa shape index (κ2) is 10.6. The molecule has 174 valence electrons. The Labute approximate surface area is 199 Å². The van der Waals surface area contributed by atoms with E-state index < -0.39 is 22.8 Å². The predicted molar refractivity (Wildman–Crippen MR) is 124 cm³/mol. The lowest BCUT2D eigenvalue weighted by Gasteiger charge is -2.19. The van der Waals surface area contributed by atoms with Gasteiger partial charge in [0.2, 0.25) is 11.7 Å². The molecule has 0 radical (unpaired) electrons. The number of Topliss-reactive ketones (excluding diaryl/α,β-unsaturated/α-hetero) is 1. The minimum atomic E-state index is -1.39. The van der Waals surface area contributed by atoms with Gasteiger partial charge in [-0.05, 0) is 18.2 Å². The number of nitro benzene ring substituents is 1. The van der Waals surface area contributed by atoms with Crippen molar-refractivity contribution < 1.29 is 28.8 Å². The summed E-state index contributed by atoms with van der Waals surface area (Å²) >= 11 is 6.20. The topological polar surface area (TPSA) is 125 Å². The van der Waals surface area contributed by atoms with Gasteiger partial charge >= 0.3 is 5.97 Å². The molecule has 0 unspecified atom stereocenters. The van der Waals surface area contributed by atoms with Crippen molar-refractivity contribution in [2.75, 3.05) is 12.4 Å². The molecule has 9 nitrogen and oxygen atoms in total. The minimum Gasteiger partial charge on any atom is -0.496 e. The smallest absolute Gasteiger partial charge is 0.343 e. The van der Waals surface area contributed by atoms with Gasteiger partial charge in [0.25, 0.3) is 5.69 Å². The van der Waals surface area contributed by atoms with Crippen LogP contribution in [-0.2, 0) is 9.53 Å². The normalized spacial score (nSPS) is 11.3. The summed E-state index contributed by atoms with van der Waals surface area (Å²) in [6.45, 7) is 1.30. The van der Waals surface area contributed by atoms with Crippen LogP contribution in [0.4, 0.5) is 11.4 Å². The van der Waals surface area contributed by atoms with Crippen LogP contribution in [0.5, 0.6) is 5.75 Å². The first-order valence-electron chi connectivity index (χ1n) is 9.91. The molecule has 0 bridgehead atoms. The number of nitrogens with zero attached hydrogens (tertiary/aromatic N) is 1. The zero-order valence-electron chi connectivity index (χ0n) is 18.1. The number of carbonyl (C=O) groups is 3. The number of halogens is 1. The van der Waals surface area contributed by atoms with Crippen molar-refractivity contribution in [3.8, 4) is 5.75 Å². The van der Waals surface area contributed by atoms with E-state index in [1.54, 1.807) is 30.3 Å². The van der Waals surface area contributed by atoms with Crippen molar-refractivity contribution in [1.82, 2.24) is 0 Å². The van der Waals surface area contributed by atoms with Gasteiger partial charge in [0, 0.05) is 36.2 Å². The molecule has 0 saturated carbocycles. The molecule has 3 rings (SSSR count). The highest BCUT2D eigenvalue weighted by Gasteiger charge is 2.29. The predicted octanol–water partition coefficient (Wildman–Crippen LogP) is 5.00. The van der Waals surface area contributed by atoms with Gasteiger partial charge < -0.3 is 14.8 Å². The van der Waals surface area contributed by atoms with Gasteiger partial charge in [0.15, 0.2) is 6.10 Å². The van der Waals surface area contributed by atoms with Crippen LogP contribution < -0.4 is 10.1 Å². The summed E-state index contributed by atoms with van der Waals surface area (Å²) in [6, 6.07) is 15.9. The highest BCUT2D eigenvalue weighted by atomic mass is 35.5. The molecule has 3 aromatic rings. The third kappa shape index (κ3) is 5.57. The molecular weight excluding hydrogens is 464 g/mol. The maximum atomic E-state index is 13.2. The third-order valence-electron chi connectivity index (χ3n) is 4.75. The summed E-state index contributed by atoms with van der Waals surface area (Å²) < 4.78 is 10.8. The van der Waals surface area contributed by atoms with Crippen LogP contribution in [0.3, 0.4) is 0 Å². The number of amides is 1. The number of anilines is 1. The summed E-state index contributed by atoms with van der Waals surface area (Å²) in [4.78, 5) is 48.1. The average molecular weight is 483 g/mol. The Morgan fingerprint density at radius 2 is 1.68 bits per heavy atom. The number of ether oxygens (including phenoxy) is 2. The van der Waals surface area contributed by atoms with Gasteiger partial charge in [-0.2, -0.15) is 0 Å². The number of hydrogen-bond donors (Lipinski definition) is 1. The molecular formula is C24H19ClN2O7. The fourth-order valence-corrected chi connectivity index (χ4v) is 3.35. The molecule has 0 aliphatic carbocycles. The fourth-order valence-electron chi connectivity index (χ4n) is 3.14. The number of benzene rings is 3. The molecule has 0 spiro atoms. The number of esters is 1. The zero-order chi connectivity index (χ0) is 24.8. The number of methoxy groups -OCH3 is 1. The lowest BCUT2D eigenvalue weighted by molar-refractivity contribution is -0.384. The van der Waals surface area contributed by atoms with E-state index in [0.29, 0.717) is 0 Å². The van der Waals surface area contributed by atoms with E-state index in [9.17, 15) is 24.5 Å². The van der Waals surface area contributed by atoms with Crippen LogP contribution in [0.1, 0.15) is 39.3 Å². The summed E-state index contributed by atoms with van der Waals surface area (Å²) in [5.41, 5.74) is 0.504. The highest BCUT2D eigenvalue weighted by molar-refractivity contribution is 6.34. The molecule has 0 aromatic heterocycles. The van der Waals surface area contributed by atoms with Crippen LogP contribution in [0.2, 0.25) is 5.02 Å². The lowest BCUT2D eigenvalue weighted by atomic mass is 9.99. The Hall–Kier alpha value is -4.24. The summed E-state index contributed by atoms with van der Waals surface area (Å²) in [5.74, 6) is -1.75. The molecule has 0 aliphatic heterocycles. The van der Waals surface area contributed by atoms with Crippen molar-refractivity contribution in [3.63, 3.8) is 0 Å². The minimum absolute atomic E-state index is 0.0595. The van der Waals surface area contributed by atoms with Crippen molar-refractivity contribution in [1.29, 1.82) is 0 Å². The van der Waals surface area contributed by atoms with E-state index in [1.807, 2.05) is 0 Å². The first-order valence-corrected chi connectivity index (χ1v) is 10.3. The van der Waals surface area contributed by atoms with Crippen LogP contribution >= 0.6 is 11.6 Å². The molecule has 0 fully saturated rings. The number of non-ortho nitro benzene ring substituents is 1. The molecule has 10 heteroatoms. The van der Waals surface area contributed by atoms with Gasteiger partial charge in [-0.1, -0.05) is 41.9 Å². The molecule has 0 heterocycles. The van der Waals surface area contributed by atoms with E-state index in [1.165, 1.54) is 50.4 Å². The maximum absolute atomic E-state index is 13.2.